The van der Waals surface area contributed by atoms with Crippen molar-refractivity contribution in [2.45, 2.75) is 30.1 Å². The Kier molecular flexibility index (Phi) is 5.20. The van der Waals surface area contributed by atoms with E-state index in [-0.39, 0.29) is 17.4 Å². The topological polar surface area (TPSA) is 63.2 Å². The summed E-state index contributed by atoms with van der Waals surface area (Å²) in [5.41, 5.74) is 3.23. The van der Waals surface area contributed by atoms with Crippen LogP contribution in [0.25, 0.3) is 0 Å². The molecule has 25 heavy (non-hydrogen) atoms. The molecular weight excluding hydrogens is 354 g/mol. The van der Waals surface area contributed by atoms with Gasteiger partial charge in [-0.25, -0.2) is 8.42 Å². The SMILES string of the molecule is Cc1ccc(Sc2ccc(NC(=O)[C@H]3CCS(=O)(=O)C3)cc2)cc1C. The largest absolute Gasteiger partial charge is 0.326 e. The molecule has 1 N–H and O–H groups in total. The molecule has 2 aromatic carbocycles. The van der Waals surface area contributed by atoms with Crippen molar-refractivity contribution < 1.29 is 13.2 Å². The summed E-state index contributed by atoms with van der Waals surface area (Å²) in [6, 6.07) is 14.0. The summed E-state index contributed by atoms with van der Waals surface area (Å²) >= 11 is 1.67. The lowest BCUT2D eigenvalue weighted by atomic mass is 10.1. The monoisotopic (exact) mass is 375 g/mol. The third-order valence-corrected chi connectivity index (χ3v) is 7.20. The normalized spacial score (nSPS) is 18.9. The number of rotatable bonds is 4. The first kappa shape index (κ1) is 18.0. The van der Waals surface area contributed by atoms with Gasteiger partial charge in [0, 0.05) is 15.5 Å². The maximum absolute atomic E-state index is 12.2. The molecule has 1 fully saturated rings. The van der Waals surface area contributed by atoms with E-state index >= 15 is 0 Å². The van der Waals surface area contributed by atoms with E-state index < -0.39 is 15.8 Å². The Morgan fingerprint density at radius 2 is 1.72 bits per heavy atom. The molecule has 132 valence electrons. The van der Waals surface area contributed by atoms with Crippen LogP contribution >= 0.6 is 11.8 Å². The van der Waals surface area contributed by atoms with E-state index in [2.05, 4.69) is 37.4 Å². The molecule has 1 heterocycles. The first-order valence-corrected chi connectivity index (χ1v) is 10.8. The van der Waals surface area contributed by atoms with E-state index in [0.29, 0.717) is 12.1 Å². The number of benzene rings is 2. The molecule has 0 aromatic heterocycles. The van der Waals surface area contributed by atoms with Gasteiger partial charge >= 0.3 is 0 Å². The predicted octanol–water partition coefficient (Wildman–Crippen LogP) is 3.83. The summed E-state index contributed by atoms with van der Waals surface area (Å²) in [5, 5.41) is 2.82. The van der Waals surface area contributed by atoms with Gasteiger partial charge in [-0.2, -0.15) is 0 Å². The third-order valence-electron chi connectivity index (χ3n) is 4.44. The molecule has 0 radical (unpaired) electrons. The second-order valence-electron chi connectivity index (χ2n) is 6.46. The van der Waals surface area contributed by atoms with Crippen molar-refractivity contribution in [1.29, 1.82) is 0 Å². The van der Waals surface area contributed by atoms with E-state index in [9.17, 15) is 13.2 Å². The van der Waals surface area contributed by atoms with Gasteiger partial charge in [-0.05, 0) is 67.8 Å². The Bertz CT molecular complexity index is 889. The lowest BCUT2D eigenvalue weighted by Crippen LogP contribution is -2.23. The summed E-state index contributed by atoms with van der Waals surface area (Å²) < 4.78 is 23.0. The van der Waals surface area contributed by atoms with Gasteiger partial charge in [0.1, 0.15) is 0 Å². The Morgan fingerprint density at radius 1 is 1.04 bits per heavy atom. The smallest absolute Gasteiger partial charge is 0.228 e. The number of nitrogens with one attached hydrogen (secondary N) is 1. The Morgan fingerprint density at radius 3 is 2.32 bits per heavy atom. The fourth-order valence-corrected chi connectivity index (χ4v) is 5.42. The van der Waals surface area contributed by atoms with E-state index in [1.165, 1.54) is 16.0 Å². The zero-order valence-electron chi connectivity index (χ0n) is 14.3. The number of sulfone groups is 1. The van der Waals surface area contributed by atoms with Gasteiger partial charge in [-0.15, -0.1) is 0 Å². The zero-order valence-corrected chi connectivity index (χ0v) is 15.9. The molecule has 4 nitrogen and oxygen atoms in total. The van der Waals surface area contributed by atoms with Crippen molar-refractivity contribution in [2.75, 3.05) is 16.8 Å². The van der Waals surface area contributed by atoms with E-state index in [4.69, 9.17) is 0 Å². The van der Waals surface area contributed by atoms with Crippen LogP contribution in [0.5, 0.6) is 0 Å². The standard InChI is InChI=1S/C19H21NO3S2/c1-13-3-6-18(11-14(13)2)24-17-7-4-16(5-8-17)20-19(21)15-9-10-25(22,23)12-15/h3-8,11,15H,9-10,12H2,1-2H3,(H,20,21)/t15-/m0/s1. The van der Waals surface area contributed by atoms with Crippen LogP contribution in [0.4, 0.5) is 5.69 Å². The average molecular weight is 376 g/mol. The molecule has 1 atom stereocenters. The highest BCUT2D eigenvalue weighted by Gasteiger charge is 2.32. The van der Waals surface area contributed by atoms with Crippen LogP contribution in [0.2, 0.25) is 0 Å². The molecule has 0 spiro atoms. The highest BCUT2D eigenvalue weighted by atomic mass is 32.2. The van der Waals surface area contributed by atoms with E-state index in [1.807, 2.05) is 24.3 Å². The number of hydrogen-bond donors (Lipinski definition) is 1. The first-order chi connectivity index (χ1) is 11.8. The molecule has 1 amide bonds. The van der Waals surface area contributed by atoms with Crippen molar-refractivity contribution in [2.24, 2.45) is 5.92 Å². The highest BCUT2D eigenvalue weighted by Crippen LogP contribution is 2.30. The van der Waals surface area contributed by atoms with E-state index in [1.54, 1.807) is 11.8 Å². The van der Waals surface area contributed by atoms with Crippen molar-refractivity contribution in [3.8, 4) is 0 Å². The van der Waals surface area contributed by atoms with Crippen LogP contribution in [0, 0.1) is 19.8 Å². The summed E-state index contributed by atoms with van der Waals surface area (Å²) in [5.74, 6) is -0.582. The fourth-order valence-electron chi connectivity index (χ4n) is 2.77. The number of hydrogen-bond acceptors (Lipinski definition) is 4. The Balaban J connectivity index is 1.62. The number of carbonyl (C=O) groups excluding carboxylic acids is 1. The second-order valence-corrected chi connectivity index (χ2v) is 9.84. The van der Waals surface area contributed by atoms with Crippen LogP contribution in [0.3, 0.4) is 0 Å². The minimum absolute atomic E-state index is 0.0421. The lowest BCUT2D eigenvalue weighted by Gasteiger charge is -2.10. The molecule has 0 saturated carbocycles. The molecule has 1 aliphatic heterocycles. The highest BCUT2D eigenvalue weighted by molar-refractivity contribution is 7.99. The van der Waals surface area contributed by atoms with Gasteiger partial charge in [0.25, 0.3) is 0 Å². The van der Waals surface area contributed by atoms with Gasteiger partial charge in [-0.1, -0.05) is 17.8 Å². The lowest BCUT2D eigenvalue weighted by molar-refractivity contribution is -0.119. The molecule has 3 rings (SSSR count). The molecule has 1 saturated heterocycles. The van der Waals surface area contributed by atoms with Gasteiger partial charge < -0.3 is 5.32 Å². The van der Waals surface area contributed by atoms with Crippen LogP contribution in [-0.2, 0) is 14.6 Å². The summed E-state index contributed by atoms with van der Waals surface area (Å²) in [4.78, 5) is 14.4. The first-order valence-electron chi connectivity index (χ1n) is 8.19. The molecule has 6 heteroatoms. The summed E-state index contributed by atoms with van der Waals surface area (Å²) in [6.45, 7) is 4.19. The predicted molar refractivity (Wildman–Crippen MR) is 102 cm³/mol. The minimum atomic E-state index is -3.04. The van der Waals surface area contributed by atoms with Gasteiger partial charge in [0.05, 0.1) is 17.4 Å². The number of amides is 1. The minimum Gasteiger partial charge on any atom is -0.326 e. The average Bonchev–Trinajstić information content (AvgIpc) is 2.93. The molecule has 1 aliphatic rings. The van der Waals surface area contributed by atoms with E-state index in [0.717, 1.165) is 4.90 Å². The number of aryl methyl sites for hydroxylation is 2. The summed E-state index contributed by atoms with van der Waals surface area (Å²) in [6.07, 6.45) is 0.412. The Labute approximate surface area is 152 Å². The molecule has 0 aliphatic carbocycles. The molecule has 2 aromatic rings. The zero-order chi connectivity index (χ0) is 18.0. The van der Waals surface area contributed by atoms with Crippen LogP contribution in [0.15, 0.2) is 52.3 Å². The maximum Gasteiger partial charge on any atom is 0.228 e. The quantitative estimate of drug-likeness (QED) is 0.882. The van der Waals surface area contributed by atoms with Crippen molar-refractivity contribution in [3.05, 3.63) is 53.6 Å². The maximum atomic E-state index is 12.2. The molecular formula is C19H21NO3S2. The fraction of sp³-hybridized carbons (Fsp3) is 0.316. The van der Waals surface area contributed by atoms with Gasteiger partial charge in [-0.3, -0.25) is 4.79 Å². The van der Waals surface area contributed by atoms with Crippen molar-refractivity contribution in [1.82, 2.24) is 0 Å². The molecule has 0 bridgehead atoms. The van der Waals surface area contributed by atoms with Gasteiger partial charge in [0.2, 0.25) is 5.91 Å². The van der Waals surface area contributed by atoms with Crippen LogP contribution in [0.1, 0.15) is 17.5 Å². The van der Waals surface area contributed by atoms with Crippen LogP contribution in [-0.4, -0.2) is 25.8 Å². The second kappa shape index (κ2) is 7.22. The van der Waals surface area contributed by atoms with Crippen LogP contribution < -0.4 is 5.32 Å². The Hall–Kier alpha value is -1.79. The summed E-state index contributed by atoms with van der Waals surface area (Å²) in [7, 11) is -3.04. The number of carbonyl (C=O) groups is 1. The van der Waals surface area contributed by atoms with Gasteiger partial charge in [0.15, 0.2) is 9.84 Å². The number of anilines is 1. The molecule has 0 unspecified atom stereocenters. The third kappa shape index (κ3) is 4.64. The van der Waals surface area contributed by atoms with Crippen molar-refractivity contribution >= 4 is 33.2 Å². The van der Waals surface area contributed by atoms with Crippen molar-refractivity contribution in [3.63, 3.8) is 0 Å².